The quantitative estimate of drug-likeness (QED) is 0.528. The second-order valence-electron chi connectivity index (χ2n) is 4.89. The van der Waals surface area contributed by atoms with E-state index in [9.17, 15) is 9.59 Å². The van der Waals surface area contributed by atoms with E-state index in [0.717, 1.165) is 12.8 Å². The van der Waals surface area contributed by atoms with Crippen molar-refractivity contribution in [1.82, 2.24) is 10.6 Å². The molecule has 0 bridgehead atoms. The molecule has 0 aromatic carbocycles. The Morgan fingerprint density at radius 3 is 2.28 bits per heavy atom. The molecule has 0 heterocycles. The molecule has 0 atom stereocenters. The molecule has 0 aliphatic rings. The van der Waals surface area contributed by atoms with E-state index in [1.807, 2.05) is 20.8 Å². The van der Waals surface area contributed by atoms with Crippen LogP contribution in [0.25, 0.3) is 0 Å². The van der Waals surface area contributed by atoms with Crippen LogP contribution < -0.4 is 10.6 Å². The number of rotatable bonds is 7. The predicted molar refractivity (Wildman–Crippen MR) is 68.4 cm³/mol. The Balaban J connectivity index is 3.35. The fraction of sp³-hybridized carbons (Fsp3) is 0.833. The number of methoxy groups -OCH3 is 1. The van der Waals surface area contributed by atoms with Crippen molar-refractivity contribution >= 4 is 12.1 Å². The van der Waals surface area contributed by atoms with E-state index >= 15 is 0 Å². The normalized spacial score (nSPS) is 10.9. The van der Waals surface area contributed by atoms with Gasteiger partial charge in [-0.3, -0.25) is 4.79 Å². The van der Waals surface area contributed by atoms with E-state index in [2.05, 4.69) is 15.4 Å². The summed E-state index contributed by atoms with van der Waals surface area (Å²) >= 11 is 0. The van der Waals surface area contributed by atoms with Gasteiger partial charge in [-0.15, -0.1) is 0 Å². The number of nitrogens with one attached hydrogen (secondary N) is 2. The lowest BCUT2D eigenvalue weighted by molar-refractivity contribution is -0.139. The number of carbonyl (C=O) groups excluding carboxylic acids is 2. The molecule has 0 radical (unpaired) electrons. The first-order valence-electron chi connectivity index (χ1n) is 6.09. The fourth-order valence-electron chi connectivity index (χ4n) is 1.14. The van der Waals surface area contributed by atoms with Gasteiger partial charge < -0.3 is 20.1 Å². The molecule has 18 heavy (non-hydrogen) atoms. The van der Waals surface area contributed by atoms with E-state index in [1.165, 1.54) is 7.11 Å². The third-order valence-corrected chi connectivity index (χ3v) is 1.95. The molecular weight excluding hydrogens is 236 g/mol. The van der Waals surface area contributed by atoms with Crippen molar-refractivity contribution in [3.8, 4) is 0 Å². The zero-order valence-electron chi connectivity index (χ0n) is 11.7. The Bertz CT molecular complexity index is 261. The molecule has 0 aromatic heterocycles. The zero-order chi connectivity index (χ0) is 14.0. The van der Waals surface area contributed by atoms with Gasteiger partial charge in [-0.25, -0.2) is 4.79 Å². The third-order valence-electron chi connectivity index (χ3n) is 1.95. The lowest BCUT2D eigenvalue weighted by Gasteiger charge is -2.19. The fourth-order valence-corrected chi connectivity index (χ4v) is 1.14. The van der Waals surface area contributed by atoms with Crippen LogP contribution >= 0.6 is 0 Å². The van der Waals surface area contributed by atoms with Gasteiger partial charge in [-0.1, -0.05) is 0 Å². The Kier molecular flexibility index (Phi) is 8.11. The molecule has 6 nitrogen and oxygen atoms in total. The van der Waals surface area contributed by atoms with Crippen molar-refractivity contribution in [2.24, 2.45) is 0 Å². The Morgan fingerprint density at radius 2 is 1.72 bits per heavy atom. The highest BCUT2D eigenvalue weighted by atomic mass is 16.6. The lowest BCUT2D eigenvalue weighted by atomic mass is 10.2. The lowest BCUT2D eigenvalue weighted by Crippen LogP contribution is -2.33. The zero-order valence-corrected chi connectivity index (χ0v) is 11.7. The molecule has 0 aromatic rings. The van der Waals surface area contributed by atoms with Crippen molar-refractivity contribution in [1.29, 1.82) is 0 Å². The molecule has 0 fully saturated rings. The highest BCUT2D eigenvalue weighted by Gasteiger charge is 2.15. The number of esters is 1. The highest BCUT2D eigenvalue weighted by molar-refractivity contribution is 5.71. The largest absolute Gasteiger partial charge is 0.468 e. The van der Waals surface area contributed by atoms with Gasteiger partial charge in [0.15, 0.2) is 0 Å². The van der Waals surface area contributed by atoms with E-state index in [4.69, 9.17) is 4.74 Å². The Morgan fingerprint density at radius 1 is 1.11 bits per heavy atom. The minimum atomic E-state index is -0.466. The summed E-state index contributed by atoms with van der Waals surface area (Å²) in [6, 6.07) is 0. The second-order valence-corrected chi connectivity index (χ2v) is 4.89. The number of carbonyl (C=O) groups is 2. The number of hydrogen-bond donors (Lipinski definition) is 2. The van der Waals surface area contributed by atoms with Gasteiger partial charge in [0.1, 0.15) is 5.60 Å². The Labute approximate surface area is 108 Å². The van der Waals surface area contributed by atoms with Crippen molar-refractivity contribution < 1.29 is 19.1 Å². The summed E-state index contributed by atoms with van der Waals surface area (Å²) in [6.07, 6.45) is 1.30. The molecule has 2 N–H and O–H groups in total. The topological polar surface area (TPSA) is 76.7 Å². The van der Waals surface area contributed by atoms with Crippen molar-refractivity contribution in [3.05, 3.63) is 0 Å². The minimum Gasteiger partial charge on any atom is -0.468 e. The maximum absolute atomic E-state index is 11.3. The smallest absolute Gasteiger partial charge is 0.407 e. The molecule has 0 saturated carbocycles. The molecule has 0 unspecified atom stereocenters. The second kappa shape index (κ2) is 8.74. The van der Waals surface area contributed by atoms with Crippen LogP contribution in [0.1, 0.15) is 33.6 Å². The summed E-state index contributed by atoms with van der Waals surface area (Å²) in [5.41, 5.74) is -0.466. The van der Waals surface area contributed by atoms with Crippen molar-refractivity contribution in [3.63, 3.8) is 0 Å². The molecule has 0 aliphatic heterocycles. The van der Waals surface area contributed by atoms with Crippen molar-refractivity contribution in [2.75, 3.05) is 26.7 Å². The van der Waals surface area contributed by atoms with Gasteiger partial charge in [-0.2, -0.15) is 0 Å². The van der Waals surface area contributed by atoms with E-state index in [-0.39, 0.29) is 12.5 Å². The Hall–Kier alpha value is -1.30. The molecule has 0 saturated heterocycles. The van der Waals surface area contributed by atoms with Gasteiger partial charge in [0, 0.05) is 6.54 Å². The van der Waals surface area contributed by atoms with E-state index in [0.29, 0.717) is 13.1 Å². The standard InChI is InChI=1S/C12H24N2O4/c1-12(2,3)18-11(16)14-8-6-5-7-13-9-10(15)17-4/h13H,5-9H2,1-4H3,(H,14,16). The van der Waals surface area contributed by atoms with Crippen LogP contribution in [0, 0.1) is 0 Å². The first kappa shape index (κ1) is 16.7. The van der Waals surface area contributed by atoms with Crippen LogP contribution in [0.15, 0.2) is 0 Å². The van der Waals surface area contributed by atoms with Gasteiger partial charge >= 0.3 is 12.1 Å². The molecule has 0 aliphatic carbocycles. The summed E-state index contributed by atoms with van der Waals surface area (Å²) in [5, 5.41) is 5.61. The van der Waals surface area contributed by atoms with Gasteiger partial charge in [0.25, 0.3) is 0 Å². The molecule has 0 spiro atoms. The average molecular weight is 260 g/mol. The maximum Gasteiger partial charge on any atom is 0.407 e. The van der Waals surface area contributed by atoms with Gasteiger partial charge in [0.05, 0.1) is 13.7 Å². The SMILES string of the molecule is COC(=O)CNCCCCNC(=O)OC(C)(C)C. The number of ether oxygens (including phenoxy) is 2. The van der Waals surface area contributed by atoms with Gasteiger partial charge in [0.2, 0.25) is 0 Å². The molecule has 106 valence electrons. The predicted octanol–water partition coefficient (Wildman–Crippen LogP) is 1.05. The number of alkyl carbamates (subject to hydrolysis) is 1. The number of amides is 1. The summed E-state index contributed by atoms with van der Waals surface area (Å²) in [4.78, 5) is 22.0. The highest BCUT2D eigenvalue weighted by Crippen LogP contribution is 2.06. The van der Waals surface area contributed by atoms with Crippen LogP contribution in [0.2, 0.25) is 0 Å². The molecule has 1 amide bonds. The minimum absolute atomic E-state index is 0.218. The summed E-state index contributed by atoms with van der Waals surface area (Å²) in [7, 11) is 1.36. The first-order valence-corrected chi connectivity index (χ1v) is 6.09. The number of unbranched alkanes of at least 4 members (excludes halogenated alkanes) is 1. The van der Waals surface area contributed by atoms with Crippen LogP contribution in [-0.2, 0) is 14.3 Å². The number of hydrogen-bond acceptors (Lipinski definition) is 5. The third kappa shape index (κ3) is 11.2. The van der Waals surface area contributed by atoms with Crippen LogP contribution in [0.3, 0.4) is 0 Å². The molecule has 0 rings (SSSR count). The summed E-state index contributed by atoms with van der Waals surface area (Å²) in [5.74, 6) is -0.276. The monoisotopic (exact) mass is 260 g/mol. The summed E-state index contributed by atoms with van der Waals surface area (Å²) < 4.78 is 9.57. The maximum atomic E-state index is 11.3. The van der Waals surface area contributed by atoms with Gasteiger partial charge in [-0.05, 0) is 40.2 Å². The van der Waals surface area contributed by atoms with E-state index in [1.54, 1.807) is 0 Å². The van der Waals surface area contributed by atoms with Crippen LogP contribution in [0.5, 0.6) is 0 Å². The van der Waals surface area contributed by atoms with Crippen LogP contribution in [-0.4, -0.2) is 44.4 Å². The van der Waals surface area contributed by atoms with Crippen molar-refractivity contribution in [2.45, 2.75) is 39.2 Å². The average Bonchev–Trinajstić information content (AvgIpc) is 2.25. The molecular formula is C12H24N2O4. The molecule has 6 heteroatoms. The summed E-state index contributed by atoms with van der Waals surface area (Å²) in [6.45, 7) is 6.96. The first-order chi connectivity index (χ1) is 8.35. The van der Waals surface area contributed by atoms with E-state index < -0.39 is 11.7 Å². The van der Waals surface area contributed by atoms with Crippen LogP contribution in [0.4, 0.5) is 4.79 Å².